The number of ether oxygens (including phenoxy) is 2. The number of aromatic nitrogens is 3. The Morgan fingerprint density at radius 3 is 2.00 bits per heavy atom. The Hall–Kier alpha value is -4.95. The van der Waals surface area contributed by atoms with Gasteiger partial charge >= 0.3 is 5.97 Å². The van der Waals surface area contributed by atoms with E-state index in [0.717, 1.165) is 46.0 Å². The minimum Gasteiger partial charge on any atom is -0.479 e. The molecule has 0 radical (unpaired) electrons. The highest BCUT2D eigenvalue weighted by Gasteiger charge is 2.47. The number of carboxylic acid groups (broad SMARTS) is 1. The molecular weight excluding hydrogens is 576 g/mol. The second-order valence-corrected chi connectivity index (χ2v) is 12.4. The predicted molar refractivity (Wildman–Crippen MR) is 178 cm³/mol. The van der Waals surface area contributed by atoms with Crippen LogP contribution in [0.4, 0.5) is 0 Å². The van der Waals surface area contributed by atoms with Gasteiger partial charge in [-0.15, -0.1) is 0 Å². The van der Waals surface area contributed by atoms with Crippen molar-refractivity contribution < 1.29 is 19.4 Å². The molecule has 0 amide bonds. The zero-order valence-corrected chi connectivity index (χ0v) is 26.1. The number of aliphatic carboxylic acids is 1. The molecule has 4 heterocycles. The Morgan fingerprint density at radius 2 is 1.50 bits per heavy atom. The highest BCUT2D eigenvalue weighted by atomic mass is 16.5. The number of hydrogen-bond acceptors (Lipinski definition) is 6. The van der Waals surface area contributed by atoms with Crippen LogP contribution in [-0.4, -0.2) is 50.7 Å². The molecule has 46 heavy (non-hydrogen) atoms. The number of nitrogens with one attached hydrogen (secondary N) is 1. The van der Waals surface area contributed by atoms with Gasteiger partial charge in [-0.25, -0.2) is 14.5 Å². The van der Waals surface area contributed by atoms with Crippen molar-refractivity contribution in [2.45, 2.75) is 50.3 Å². The molecule has 3 aromatic carbocycles. The van der Waals surface area contributed by atoms with Gasteiger partial charge in [-0.05, 0) is 34.2 Å². The number of carbonyl (C=O) groups is 1. The van der Waals surface area contributed by atoms with Crippen LogP contribution >= 0.6 is 0 Å². The summed E-state index contributed by atoms with van der Waals surface area (Å²) in [4.78, 5) is 17.5. The summed E-state index contributed by atoms with van der Waals surface area (Å²) in [6.07, 6.45) is 5.36. The number of hydrogen-bond donors (Lipinski definition) is 2. The van der Waals surface area contributed by atoms with Gasteiger partial charge in [0.2, 0.25) is 5.88 Å². The summed E-state index contributed by atoms with van der Waals surface area (Å²) in [5, 5.41) is 19.9. The summed E-state index contributed by atoms with van der Waals surface area (Å²) in [5.41, 5.74) is 3.37. The molecule has 1 atom stereocenters. The molecule has 234 valence electrons. The molecular formula is C38H38N4O4. The third kappa shape index (κ3) is 4.84. The number of nitrogens with zero attached hydrogens (tertiary/aromatic N) is 3. The zero-order chi connectivity index (χ0) is 31.7. The van der Waals surface area contributed by atoms with Crippen molar-refractivity contribution in [1.29, 1.82) is 0 Å². The van der Waals surface area contributed by atoms with Crippen molar-refractivity contribution in [1.82, 2.24) is 20.1 Å². The Bertz CT molecular complexity index is 1770. The fourth-order valence-electron chi connectivity index (χ4n) is 6.99. The fourth-order valence-corrected chi connectivity index (χ4v) is 6.99. The van der Waals surface area contributed by atoms with E-state index >= 15 is 0 Å². The van der Waals surface area contributed by atoms with E-state index in [1.54, 1.807) is 6.20 Å². The number of pyridine rings is 1. The van der Waals surface area contributed by atoms with Gasteiger partial charge in [0.05, 0.1) is 24.1 Å². The number of carboxylic acids is 1. The van der Waals surface area contributed by atoms with Crippen molar-refractivity contribution in [3.05, 3.63) is 132 Å². The Morgan fingerprint density at radius 1 is 0.935 bits per heavy atom. The lowest BCUT2D eigenvalue weighted by Gasteiger charge is -2.37. The van der Waals surface area contributed by atoms with Crippen LogP contribution in [0.1, 0.15) is 55.5 Å². The van der Waals surface area contributed by atoms with Crippen molar-refractivity contribution in [2.24, 2.45) is 5.92 Å². The number of fused-ring (bicyclic) bond motifs is 1. The van der Waals surface area contributed by atoms with Gasteiger partial charge < -0.3 is 19.9 Å². The molecule has 1 unspecified atom stereocenters. The van der Waals surface area contributed by atoms with E-state index in [9.17, 15) is 9.90 Å². The maximum absolute atomic E-state index is 12.7. The molecule has 5 aromatic rings. The average molecular weight is 615 g/mol. The highest BCUT2D eigenvalue weighted by Crippen LogP contribution is 2.46. The SMILES string of the molecule is CC(C)C1(C(=O)O)CC(c2nn(C(c3ccccc3)(c3ccccc3)c3ccccc3)c3ccnc(OC4CCOCC4)c23)=CN1. The third-order valence-electron chi connectivity index (χ3n) is 9.54. The van der Waals surface area contributed by atoms with E-state index in [0.29, 0.717) is 24.8 Å². The monoisotopic (exact) mass is 614 g/mol. The molecule has 0 saturated carbocycles. The van der Waals surface area contributed by atoms with Crippen LogP contribution in [0.3, 0.4) is 0 Å². The molecule has 1 fully saturated rings. The maximum Gasteiger partial charge on any atom is 0.329 e. The van der Waals surface area contributed by atoms with Gasteiger partial charge in [0.25, 0.3) is 0 Å². The van der Waals surface area contributed by atoms with Gasteiger partial charge in [0.15, 0.2) is 0 Å². The molecule has 0 aliphatic carbocycles. The van der Waals surface area contributed by atoms with Gasteiger partial charge in [0, 0.05) is 31.7 Å². The van der Waals surface area contributed by atoms with Crippen LogP contribution in [-0.2, 0) is 15.1 Å². The molecule has 2 N–H and O–H groups in total. The fraction of sp³-hybridized carbons (Fsp3) is 0.289. The van der Waals surface area contributed by atoms with Crippen molar-refractivity contribution in [3.8, 4) is 5.88 Å². The molecule has 8 nitrogen and oxygen atoms in total. The first kappa shape index (κ1) is 29.7. The maximum atomic E-state index is 12.7. The largest absolute Gasteiger partial charge is 0.479 e. The molecule has 0 bridgehead atoms. The first-order valence-corrected chi connectivity index (χ1v) is 15.9. The van der Waals surface area contributed by atoms with Crippen LogP contribution < -0.4 is 10.1 Å². The Balaban J connectivity index is 1.54. The van der Waals surface area contributed by atoms with E-state index in [4.69, 9.17) is 19.6 Å². The lowest BCUT2D eigenvalue weighted by atomic mass is 9.77. The van der Waals surface area contributed by atoms with Gasteiger partial charge in [-0.2, -0.15) is 5.10 Å². The highest BCUT2D eigenvalue weighted by molar-refractivity contribution is 5.97. The van der Waals surface area contributed by atoms with Crippen molar-refractivity contribution in [2.75, 3.05) is 13.2 Å². The molecule has 1 saturated heterocycles. The summed E-state index contributed by atoms with van der Waals surface area (Å²) in [6.45, 7) is 5.13. The summed E-state index contributed by atoms with van der Waals surface area (Å²) < 4.78 is 14.3. The quantitative estimate of drug-likeness (QED) is 0.180. The summed E-state index contributed by atoms with van der Waals surface area (Å²) >= 11 is 0. The second-order valence-electron chi connectivity index (χ2n) is 12.4. The van der Waals surface area contributed by atoms with Gasteiger partial charge in [-0.3, -0.25) is 0 Å². The van der Waals surface area contributed by atoms with E-state index in [-0.39, 0.29) is 18.4 Å². The van der Waals surface area contributed by atoms with Gasteiger partial charge in [0.1, 0.15) is 22.9 Å². The zero-order valence-electron chi connectivity index (χ0n) is 26.1. The van der Waals surface area contributed by atoms with E-state index < -0.39 is 17.0 Å². The molecule has 2 aliphatic heterocycles. The minimum absolute atomic E-state index is 0.0466. The third-order valence-corrected chi connectivity index (χ3v) is 9.54. The van der Waals surface area contributed by atoms with E-state index in [2.05, 4.69) is 82.8 Å². The Labute approximate surface area is 268 Å². The standard InChI is InChI=1S/C38H38N4O4/c1-26(2)37(36(43)44)24-27(25-40-37)34-33-32(18-21-39-35(33)46-31-19-22-45-23-20-31)42(41-34)38(28-12-6-3-7-13-28,29-14-8-4-9-15-29)30-16-10-5-11-17-30/h3-18,21,25-26,31,40H,19-20,22-24H2,1-2H3,(H,43,44). The summed E-state index contributed by atoms with van der Waals surface area (Å²) in [5.74, 6) is -0.561. The van der Waals surface area contributed by atoms with E-state index in [1.165, 1.54) is 0 Å². The molecule has 8 heteroatoms. The smallest absolute Gasteiger partial charge is 0.329 e. The van der Waals surface area contributed by atoms with Crippen LogP contribution in [0.25, 0.3) is 16.5 Å². The van der Waals surface area contributed by atoms with Crippen molar-refractivity contribution in [3.63, 3.8) is 0 Å². The number of benzene rings is 3. The van der Waals surface area contributed by atoms with Crippen LogP contribution in [0.5, 0.6) is 5.88 Å². The minimum atomic E-state index is -1.15. The number of rotatable bonds is 9. The summed E-state index contributed by atoms with van der Waals surface area (Å²) in [6, 6.07) is 33.2. The van der Waals surface area contributed by atoms with Crippen LogP contribution in [0, 0.1) is 5.92 Å². The molecule has 2 aromatic heterocycles. The Kier molecular flexibility index (Phi) is 7.82. The normalized spacial score (nSPS) is 18.8. The topological polar surface area (TPSA) is 98.5 Å². The van der Waals surface area contributed by atoms with Crippen LogP contribution in [0.2, 0.25) is 0 Å². The lowest BCUT2D eigenvalue weighted by molar-refractivity contribution is -0.145. The predicted octanol–water partition coefficient (Wildman–Crippen LogP) is 6.64. The van der Waals surface area contributed by atoms with Crippen molar-refractivity contribution >= 4 is 22.4 Å². The van der Waals surface area contributed by atoms with Gasteiger partial charge in [-0.1, -0.05) is 105 Å². The molecule has 0 spiro atoms. The first-order chi connectivity index (χ1) is 22.4. The average Bonchev–Trinajstić information content (AvgIpc) is 3.72. The summed E-state index contributed by atoms with van der Waals surface area (Å²) in [7, 11) is 0. The first-order valence-electron chi connectivity index (χ1n) is 15.9. The lowest BCUT2D eigenvalue weighted by Crippen LogP contribution is -2.51. The van der Waals surface area contributed by atoms with Crippen LogP contribution in [0.15, 0.2) is 109 Å². The van der Waals surface area contributed by atoms with E-state index in [1.807, 2.05) is 44.3 Å². The molecule has 7 rings (SSSR count). The second kappa shape index (κ2) is 12.1. The molecule has 2 aliphatic rings.